The zero-order valence-electron chi connectivity index (χ0n) is 12.0. The van der Waals surface area contributed by atoms with Crippen LogP contribution in [0.2, 0.25) is 0 Å². The Morgan fingerprint density at radius 3 is 2.50 bits per heavy atom. The number of hydrogen-bond donors (Lipinski definition) is 1. The standard InChI is InChI=1S/C15H27N3/c1-15(2,3)13-5-7-14(8-6-13)16-10-12-18-11-4-9-17-18/h4,9,11,13-14,16H,5-8,10,12H2,1-3H3. The van der Waals surface area contributed by atoms with Crippen molar-refractivity contribution in [3.8, 4) is 0 Å². The molecular weight excluding hydrogens is 222 g/mol. The second-order valence-electron chi connectivity index (χ2n) is 6.64. The lowest BCUT2D eigenvalue weighted by molar-refractivity contribution is 0.160. The van der Waals surface area contributed by atoms with Gasteiger partial charge >= 0.3 is 0 Å². The highest BCUT2D eigenvalue weighted by molar-refractivity contribution is 4.83. The third kappa shape index (κ3) is 3.84. The molecule has 0 atom stereocenters. The van der Waals surface area contributed by atoms with Crippen molar-refractivity contribution in [2.75, 3.05) is 6.54 Å². The van der Waals surface area contributed by atoms with Crippen LogP contribution in [-0.2, 0) is 6.54 Å². The van der Waals surface area contributed by atoms with E-state index < -0.39 is 0 Å². The Morgan fingerprint density at radius 2 is 1.94 bits per heavy atom. The lowest BCUT2D eigenvalue weighted by Crippen LogP contribution is -2.37. The Morgan fingerprint density at radius 1 is 1.22 bits per heavy atom. The van der Waals surface area contributed by atoms with Crippen LogP contribution in [0.3, 0.4) is 0 Å². The van der Waals surface area contributed by atoms with Crippen molar-refractivity contribution >= 4 is 0 Å². The molecule has 2 rings (SSSR count). The van der Waals surface area contributed by atoms with Gasteiger partial charge < -0.3 is 5.32 Å². The van der Waals surface area contributed by atoms with Gasteiger partial charge in [0.15, 0.2) is 0 Å². The minimum absolute atomic E-state index is 0.486. The van der Waals surface area contributed by atoms with Gasteiger partial charge in [0.05, 0.1) is 6.54 Å². The van der Waals surface area contributed by atoms with Crippen LogP contribution in [0, 0.1) is 11.3 Å². The number of hydrogen-bond acceptors (Lipinski definition) is 2. The molecule has 0 aromatic carbocycles. The van der Waals surface area contributed by atoms with E-state index in [1.807, 2.05) is 23.1 Å². The summed E-state index contributed by atoms with van der Waals surface area (Å²) in [6, 6.07) is 2.70. The molecule has 0 saturated heterocycles. The van der Waals surface area contributed by atoms with E-state index in [0.717, 1.165) is 25.0 Å². The summed E-state index contributed by atoms with van der Waals surface area (Å²) in [5.41, 5.74) is 0.486. The Labute approximate surface area is 111 Å². The van der Waals surface area contributed by atoms with Crippen LogP contribution in [0.4, 0.5) is 0 Å². The molecule has 0 bridgehead atoms. The second-order valence-corrected chi connectivity index (χ2v) is 6.64. The van der Waals surface area contributed by atoms with E-state index in [4.69, 9.17) is 0 Å². The maximum atomic E-state index is 4.22. The van der Waals surface area contributed by atoms with Crippen molar-refractivity contribution in [3.63, 3.8) is 0 Å². The summed E-state index contributed by atoms with van der Waals surface area (Å²) in [4.78, 5) is 0. The molecule has 0 radical (unpaired) electrons. The van der Waals surface area contributed by atoms with Crippen LogP contribution in [0.1, 0.15) is 46.5 Å². The predicted molar refractivity (Wildman–Crippen MR) is 75.4 cm³/mol. The molecule has 3 nitrogen and oxygen atoms in total. The molecular formula is C15H27N3. The molecule has 1 heterocycles. The van der Waals surface area contributed by atoms with Gasteiger partial charge in [-0.15, -0.1) is 0 Å². The molecule has 0 amide bonds. The van der Waals surface area contributed by atoms with Crippen LogP contribution in [0.25, 0.3) is 0 Å². The monoisotopic (exact) mass is 249 g/mol. The lowest BCUT2D eigenvalue weighted by atomic mass is 9.71. The van der Waals surface area contributed by atoms with E-state index in [9.17, 15) is 0 Å². The second kappa shape index (κ2) is 5.87. The van der Waals surface area contributed by atoms with Crippen LogP contribution >= 0.6 is 0 Å². The number of aromatic nitrogens is 2. The molecule has 0 aliphatic heterocycles. The molecule has 3 heteroatoms. The first kappa shape index (κ1) is 13.6. The molecule has 1 fully saturated rings. The average Bonchev–Trinajstić information content (AvgIpc) is 2.82. The average molecular weight is 249 g/mol. The fourth-order valence-corrected chi connectivity index (χ4v) is 2.98. The topological polar surface area (TPSA) is 29.9 Å². The molecule has 18 heavy (non-hydrogen) atoms. The van der Waals surface area contributed by atoms with Gasteiger partial charge in [0.1, 0.15) is 0 Å². The Balaban J connectivity index is 1.65. The van der Waals surface area contributed by atoms with Crippen LogP contribution in [0.15, 0.2) is 18.5 Å². The third-order valence-electron chi connectivity index (χ3n) is 4.29. The van der Waals surface area contributed by atoms with Gasteiger partial charge in [-0.3, -0.25) is 4.68 Å². The van der Waals surface area contributed by atoms with Gasteiger partial charge in [-0.1, -0.05) is 20.8 Å². The molecule has 1 aliphatic rings. The lowest BCUT2D eigenvalue weighted by Gasteiger charge is -2.37. The fourth-order valence-electron chi connectivity index (χ4n) is 2.98. The molecule has 1 saturated carbocycles. The first-order chi connectivity index (χ1) is 8.55. The summed E-state index contributed by atoms with van der Waals surface area (Å²) in [6.07, 6.45) is 9.29. The van der Waals surface area contributed by atoms with Crippen molar-refractivity contribution in [1.82, 2.24) is 15.1 Å². The third-order valence-corrected chi connectivity index (χ3v) is 4.29. The Kier molecular flexibility index (Phi) is 4.44. The highest BCUT2D eigenvalue weighted by Crippen LogP contribution is 2.37. The zero-order valence-corrected chi connectivity index (χ0v) is 12.0. The van der Waals surface area contributed by atoms with Crippen LogP contribution in [-0.4, -0.2) is 22.4 Å². The zero-order chi connectivity index (χ0) is 13.0. The van der Waals surface area contributed by atoms with Gasteiger partial charge in [0, 0.05) is 25.0 Å². The van der Waals surface area contributed by atoms with E-state index in [1.54, 1.807) is 0 Å². The largest absolute Gasteiger partial charge is 0.312 e. The summed E-state index contributed by atoms with van der Waals surface area (Å²) >= 11 is 0. The summed E-state index contributed by atoms with van der Waals surface area (Å²) in [6.45, 7) is 9.15. The van der Waals surface area contributed by atoms with Gasteiger partial charge in [0.2, 0.25) is 0 Å². The normalized spacial score (nSPS) is 25.3. The first-order valence-corrected chi connectivity index (χ1v) is 7.26. The molecule has 102 valence electrons. The van der Waals surface area contributed by atoms with Crippen LogP contribution < -0.4 is 5.32 Å². The number of rotatable bonds is 4. The molecule has 0 unspecified atom stereocenters. The fraction of sp³-hybridized carbons (Fsp3) is 0.800. The molecule has 1 aromatic heterocycles. The highest BCUT2D eigenvalue weighted by Gasteiger charge is 2.29. The molecule has 1 aliphatic carbocycles. The Hall–Kier alpha value is -0.830. The maximum Gasteiger partial charge on any atom is 0.0534 e. The van der Waals surface area contributed by atoms with Crippen molar-refractivity contribution in [1.29, 1.82) is 0 Å². The van der Waals surface area contributed by atoms with E-state index in [1.165, 1.54) is 25.7 Å². The Bertz CT molecular complexity index is 329. The highest BCUT2D eigenvalue weighted by atomic mass is 15.3. The summed E-state index contributed by atoms with van der Waals surface area (Å²) in [5, 5.41) is 7.89. The van der Waals surface area contributed by atoms with Gasteiger partial charge in [-0.05, 0) is 43.1 Å². The van der Waals surface area contributed by atoms with Gasteiger partial charge in [0.25, 0.3) is 0 Å². The first-order valence-electron chi connectivity index (χ1n) is 7.26. The SMILES string of the molecule is CC(C)(C)C1CCC(NCCn2cccn2)CC1. The minimum atomic E-state index is 0.486. The van der Waals surface area contributed by atoms with Crippen LogP contribution in [0.5, 0.6) is 0 Å². The molecule has 1 N–H and O–H groups in total. The summed E-state index contributed by atoms with van der Waals surface area (Å²) < 4.78 is 1.99. The smallest absolute Gasteiger partial charge is 0.0534 e. The minimum Gasteiger partial charge on any atom is -0.312 e. The quantitative estimate of drug-likeness (QED) is 0.888. The summed E-state index contributed by atoms with van der Waals surface area (Å²) in [7, 11) is 0. The summed E-state index contributed by atoms with van der Waals surface area (Å²) in [5.74, 6) is 0.904. The van der Waals surface area contributed by atoms with Crippen molar-refractivity contribution in [2.45, 2.75) is 59.0 Å². The maximum absolute atomic E-state index is 4.22. The van der Waals surface area contributed by atoms with E-state index in [2.05, 4.69) is 31.2 Å². The van der Waals surface area contributed by atoms with Gasteiger partial charge in [-0.25, -0.2) is 0 Å². The predicted octanol–water partition coefficient (Wildman–Crippen LogP) is 3.08. The number of nitrogens with one attached hydrogen (secondary N) is 1. The van der Waals surface area contributed by atoms with Crippen molar-refractivity contribution < 1.29 is 0 Å². The van der Waals surface area contributed by atoms with E-state index in [-0.39, 0.29) is 0 Å². The van der Waals surface area contributed by atoms with Crippen molar-refractivity contribution in [2.24, 2.45) is 11.3 Å². The van der Waals surface area contributed by atoms with Crippen molar-refractivity contribution in [3.05, 3.63) is 18.5 Å². The van der Waals surface area contributed by atoms with E-state index >= 15 is 0 Å². The molecule has 1 aromatic rings. The van der Waals surface area contributed by atoms with E-state index in [0.29, 0.717) is 5.41 Å². The number of nitrogens with zero attached hydrogens (tertiary/aromatic N) is 2. The molecule has 0 spiro atoms. The van der Waals surface area contributed by atoms with Gasteiger partial charge in [-0.2, -0.15) is 5.10 Å².